The molecule has 1 unspecified atom stereocenters. The third-order valence-corrected chi connectivity index (χ3v) is 3.18. The van der Waals surface area contributed by atoms with Crippen molar-refractivity contribution in [3.8, 4) is 0 Å². The van der Waals surface area contributed by atoms with E-state index in [4.69, 9.17) is 5.73 Å². The van der Waals surface area contributed by atoms with Crippen molar-refractivity contribution in [1.29, 1.82) is 0 Å². The molecule has 0 aromatic heterocycles. The summed E-state index contributed by atoms with van der Waals surface area (Å²) in [6.07, 6.45) is 0. The number of carbonyl (C=O) groups excluding carboxylic acids is 1. The number of amides is 1. The van der Waals surface area contributed by atoms with Gasteiger partial charge in [-0.15, -0.1) is 0 Å². The van der Waals surface area contributed by atoms with Crippen LogP contribution in [0.2, 0.25) is 0 Å². The second-order valence-electron chi connectivity index (χ2n) is 3.13. The van der Waals surface area contributed by atoms with E-state index in [0.29, 0.717) is 6.54 Å². The highest BCUT2D eigenvalue weighted by Crippen LogP contribution is 2.15. The third kappa shape index (κ3) is 3.30. The molecule has 1 aromatic rings. The van der Waals surface area contributed by atoms with Crippen molar-refractivity contribution in [2.45, 2.75) is 11.8 Å². The molecule has 1 rings (SSSR count). The topological polar surface area (TPSA) is 72.2 Å². The zero-order chi connectivity index (χ0) is 12.1. The van der Waals surface area contributed by atoms with Crippen molar-refractivity contribution in [1.82, 2.24) is 5.32 Å². The van der Waals surface area contributed by atoms with E-state index in [1.165, 1.54) is 12.1 Å². The summed E-state index contributed by atoms with van der Waals surface area (Å²) in [6, 6.07) is 3.87. The Balaban J connectivity index is 2.77. The number of anilines is 1. The molecule has 0 bridgehead atoms. The van der Waals surface area contributed by atoms with Crippen molar-refractivity contribution >= 4 is 22.4 Å². The van der Waals surface area contributed by atoms with Gasteiger partial charge in [0.05, 0.1) is 15.7 Å². The number of hydrogen-bond donors (Lipinski definition) is 2. The van der Waals surface area contributed by atoms with Crippen LogP contribution in [0, 0.1) is 5.82 Å². The molecule has 1 amide bonds. The summed E-state index contributed by atoms with van der Waals surface area (Å²) in [5.74, 6) is -1.26. The lowest BCUT2D eigenvalue weighted by Gasteiger charge is -2.04. The van der Waals surface area contributed by atoms with E-state index in [2.05, 4.69) is 5.32 Å². The smallest absolute Gasteiger partial charge is 0.232 e. The number of nitrogens with two attached hydrogens (primary N) is 1. The molecule has 0 saturated heterocycles. The van der Waals surface area contributed by atoms with Crippen molar-refractivity contribution in [3.63, 3.8) is 0 Å². The Labute approximate surface area is 95.5 Å². The Morgan fingerprint density at radius 2 is 2.25 bits per heavy atom. The molecule has 1 aromatic carbocycles. The van der Waals surface area contributed by atoms with Crippen LogP contribution in [0.3, 0.4) is 0 Å². The molecule has 0 heterocycles. The van der Waals surface area contributed by atoms with Crippen LogP contribution in [0.1, 0.15) is 6.92 Å². The number of halogens is 1. The molecule has 0 saturated carbocycles. The van der Waals surface area contributed by atoms with Gasteiger partial charge < -0.3 is 11.1 Å². The predicted octanol–water partition coefficient (Wildman–Crippen LogP) is 0.652. The van der Waals surface area contributed by atoms with Crippen molar-refractivity contribution in [2.75, 3.05) is 18.0 Å². The number of nitrogens with one attached hydrogen (secondary N) is 1. The van der Waals surface area contributed by atoms with E-state index >= 15 is 0 Å². The van der Waals surface area contributed by atoms with Gasteiger partial charge in [-0.3, -0.25) is 9.00 Å². The van der Waals surface area contributed by atoms with E-state index in [0.717, 1.165) is 6.07 Å². The number of carbonyl (C=O) groups is 1. The molecule has 0 aliphatic carbocycles. The predicted molar refractivity (Wildman–Crippen MR) is 60.8 cm³/mol. The van der Waals surface area contributed by atoms with Crippen LogP contribution >= 0.6 is 0 Å². The van der Waals surface area contributed by atoms with Crippen LogP contribution in [0.25, 0.3) is 0 Å². The van der Waals surface area contributed by atoms with Gasteiger partial charge in [-0.2, -0.15) is 0 Å². The molecular formula is C10H13FN2O2S. The summed E-state index contributed by atoms with van der Waals surface area (Å²) in [5, 5.41) is 2.50. The average Bonchev–Trinajstić information content (AvgIpc) is 2.17. The van der Waals surface area contributed by atoms with Gasteiger partial charge >= 0.3 is 0 Å². The summed E-state index contributed by atoms with van der Waals surface area (Å²) in [4.78, 5) is 11.2. The first kappa shape index (κ1) is 12.6. The number of rotatable bonds is 4. The fourth-order valence-electron chi connectivity index (χ4n) is 1.15. The highest BCUT2D eigenvalue weighted by atomic mass is 32.2. The van der Waals surface area contributed by atoms with Crippen molar-refractivity contribution < 1.29 is 13.4 Å². The minimum absolute atomic E-state index is 0.000420. The first-order valence-electron chi connectivity index (χ1n) is 4.74. The van der Waals surface area contributed by atoms with Gasteiger partial charge in [0, 0.05) is 12.2 Å². The zero-order valence-electron chi connectivity index (χ0n) is 8.83. The maximum absolute atomic E-state index is 13.3. The zero-order valence-corrected chi connectivity index (χ0v) is 9.64. The van der Waals surface area contributed by atoms with Gasteiger partial charge in [0.25, 0.3) is 0 Å². The van der Waals surface area contributed by atoms with Crippen LogP contribution < -0.4 is 11.1 Å². The Kier molecular flexibility index (Phi) is 4.42. The van der Waals surface area contributed by atoms with Gasteiger partial charge in [0.2, 0.25) is 5.91 Å². The lowest BCUT2D eigenvalue weighted by Crippen LogP contribution is -2.28. The molecule has 16 heavy (non-hydrogen) atoms. The van der Waals surface area contributed by atoms with Crippen LogP contribution in [0.4, 0.5) is 10.1 Å². The van der Waals surface area contributed by atoms with E-state index in [1.807, 2.05) is 0 Å². The lowest BCUT2D eigenvalue weighted by molar-refractivity contribution is -0.118. The van der Waals surface area contributed by atoms with E-state index in [-0.39, 0.29) is 22.2 Å². The Morgan fingerprint density at radius 3 is 2.81 bits per heavy atom. The fourth-order valence-corrected chi connectivity index (χ4v) is 2.14. The quantitative estimate of drug-likeness (QED) is 0.764. The summed E-state index contributed by atoms with van der Waals surface area (Å²) in [7, 11) is -1.68. The maximum atomic E-state index is 13.3. The van der Waals surface area contributed by atoms with Crippen LogP contribution in [-0.2, 0) is 15.6 Å². The molecule has 0 spiro atoms. The molecule has 0 aliphatic heterocycles. The minimum Gasteiger partial charge on any atom is -0.399 e. The first-order chi connectivity index (χ1) is 7.54. The molecule has 6 heteroatoms. The number of nitrogen functional groups attached to an aromatic ring is 1. The summed E-state index contributed by atoms with van der Waals surface area (Å²) < 4.78 is 25.0. The second-order valence-corrected chi connectivity index (χ2v) is 4.55. The van der Waals surface area contributed by atoms with Crippen LogP contribution in [-0.4, -0.2) is 22.4 Å². The third-order valence-electron chi connectivity index (χ3n) is 1.84. The summed E-state index contributed by atoms with van der Waals surface area (Å²) in [5.41, 5.74) is 5.62. The molecule has 0 fully saturated rings. The lowest BCUT2D eigenvalue weighted by atomic mass is 10.3. The van der Waals surface area contributed by atoms with E-state index < -0.39 is 16.6 Å². The molecule has 3 N–H and O–H groups in total. The Bertz CT molecular complexity index is 423. The highest BCUT2D eigenvalue weighted by Gasteiger charge is 2.13. The van der Waals surface area contributed by atoms with Crippen molar-refractivity contribution in [2.24, 2.45) is 0 Å². The summed E-state index contributed by atoms with van der Waals surface area (Å²) >= 11 is 0. The van der Waals surface area contributed by atoms with Gasteiger partial charge in [0.1, 0.15) is 11.6 Å². The fraction of sp³-hybridized carbons (Fsp3) is 0.300. The molecule has 0 aliphatic rings. The van der Waals surface area contributed by atoms with E-state index in [1.54, 1.807) is 6.92 Å². The average molecular weight is 244 g/mol. The molecule has 4 nitrogen and oxygen atoms in total. The second kappa shape index (κ2) is 5.60. The summed E-state index contributed by atoms with van der Waals surface area (Å²) in [6.45, 7) is 2.21. The van der Waals surface area contributed by atoms with Crippen molar-refractivity contribution in [3.05, 3.63) is 24.0 Å². The van der Waals surface area contributed by atoms with E-state index in [9.17, 15) is 13.4 Å². The molecular weight excluding hydrogens is 231 g/mol. The molecule has 88 valence electrons. The normalized spacial score (nSPS) is 12.1. The van der Waals surface area contributed by atoms with Gasteiger partial charge in [-0.1, -0.05) is 0 Å². The molecule has 0 radical (unpaired) electrons. The maximum Gasteiger partial charge on any atom is 0.232 e. The minimum atomic E-state index is -1.68. The van der Waals surface area contributed by atoms with Gasteiger partial charge in [-0.05, 0) is 25.1 Å². The Morgan fingerprint density at radius 1 is 1.56 bits per heavy atom. The number of hydrogen-bond acceptors (Lipinski definition) is 3. The largest absolute Gasteiger partial charge is 0.399 e. The standard InChI is InChI=1S/C10H13FN2O2S/c1-2-13-10(14)6-16(15)9-4-3-7(12)5-8(9)11/h3-5H,2,6,12H2,1H3,(H,13,14). The monoisotopic (exact) mass is 244 g/mol. The SMILES string of the molecule is CCNC(=O)CS(=O)c1ccc(N)cc1F. The number of benzene rings is 1. The molecule has 1 atom stereocenters. The van der Waals surface area contributed by atoms with Crippen LogP contribution in [0.5, 0.6) is 0 Å². The highest BCUT2D eigenvalue weighted by molar-refractivity contribution is 7.85. The first-order valence-corrected chi connectivity index (χ1v) is 6.06. The van der Waals surface area contributed by atoms with Gasteiger partial charge in [-0.25, -0.2) is 4.39 Å². The Hall–Kier alpha value is -1.43. The van der Waals surface area contributed by atoms with Crippen LogP contribution in [0.15, 0.2) is 23.1 Å². The van der Waals surface area contributed by atoms with Gasteiger partial charge in [0.15, 0.2) is 0 Å².